The third-order valence-corrected chi connectivity index (χ3v) is 2.57. The molecule has 1 atom stereocenters. The number of hydrogen-bond acceptors (Lipinski definition) is 2. The first kappa shape index (κ1) is 9.19. The van der Waals surface area contributed by atoms with Gasteiger partial charge in [-0.05, 0) is 30.9 Å². The van der Waals surface area contributed by atoms with Crippen molar-refractivity contribution in [2.24, 2.45) is 0 Å². The molecule has 0 radical (unpaired) electrons. The molecular formula is C11H14N2O. The maximum Gasteiger partial charge on any atom is 0.217 e. The Morgan fingerprint density at radius 2 is 2.50 bits per heavy atom. The number of pyridine rings is 1. The molecule has 0 fully saturated rings. The van der Waals surface area contributed by atoms with Crippen LogP contribution in [0.25, 0.3) is 0 Å². The lowest BCUT2D eigenvalue weighted by molar-refractivity contribution is -0.119. The maximum absolute atomic E-state index is 11.0. The van der Waals surface area contributed by atoms with Gasteiger partial charge in [-0.1, -0.05) is 6.07 Å². The summed E-state index contributed by atoms with van der Waals surface area (Å²) < 4.78 is 0. The van der Waals surface area contributed by atoms with Crippen LogP contribution in [0.5, 0.6) is 0 Å². The Morgan fingerprint density at radius 3 is 3.29 bits per heavy atom. The Kier molecular flexibility index (Phi) is 2.48. The van der Waals surface area contributed by atoms with Crippen LogP contribution in [-0.2, 0) is 11.2 Å². The monoisotopic (exact) mass is 190 g/mol. The summed E-state index contributed by atoms with van der Waals surface area (Å²) in [5, 5.41) is 2.94. The minimum atomic E-state index is 0.0218. The zero-order valence-corrected chi connectivity index (χ0v) is 8.29. The van der Waals surface area contributed by atoms with Gasteiger partial charge in [0.25, 0.3) is 0 Å². The van der Waals surface area contributed by atoms with Gasteiger partial charge in [-0.25, -0.2) is 0 Å². The quantitative estimate of drug-likeness (QED) is 0.730. The predicted octanol–water partition coefficient (Wildman–Crippen LogP) is 1.60. The largest absolute Gasteiger partial charge is 0.348 e. The third-order valence-electron chi connectivity index (χ3n) is 2.57. The van der Waals surface area contributed by atoms with Gasteiger partial charge in [-0.15, -0.1) is 0 Å². The molecule has 1 amide bonds. The minimum absolute atomic E-state index is 0.0218. The second kappa shape index (κ2) is 3.78. The normalized spacial score (nSPS) is 19.9. The van der Waals surface area contributed by atoms with E-state index in [1.807, 2.05) is 6.07 Å². The van der Waals surface area contributed by atoms with E-state index in [1.54, 1.807) is 13.1 Å². The van der Waals surface area contributed by atoms with Crippen LogP contribution in [0.4, 0.5) is 0 Å². The number of carbonyl (C=O) groups excluding carboxylic acids is 1. The zero-order chi connectivity index (χ0) is 9.97. The number of amides is 1. The van der Waals surface area contributed by atoms with Gasteiger partial charge in [-0.3, -0.25) is 9.78 Å². The van der Waals surface area contributed by atoms with Crippen LogP contribution in [0.3, 0.4) is 0 Å². The van der Waals surface area contributed by atoms with Gasteiger partial charge in [0.15, 0.2) is 0 Å². The number of aromatic nitrogens is 1. The molecule has 3 heteroatoms. The standard InChI is InChI=1S/C11H14N2O/c1-8(14)13-10-6-2-4-9-5-3-7-12-11(9)10/h3,5,7,10H,2,4,6H2,1H3,(H,13,14)/t10-/m0/s1. The number of hydrogen-bond donors (Lipinski definition) is 1. The van der Waals surface area contributed by atoms with Crippen molar-refractivity contribution in [2.75, 3.05) is 0 Å². The van der Waals surface area contributed by atoms with E-state index in [1.165, 1.54) is 5.56 Å². The second-order valence-corrected chi connectivity index (χ2v) is 3.69. The Labute approximate surface area is 83.5 Å². The molecule has 1 aromatic rings. The van der Waals surface area contributed by atoms with E-state index in [2.05, 4.69) is 16.4 Å². The van der Waals surface area contributed by atoms with Crippen molar-refractivity contribution >= 4 is 5.91 Å². The minimum Gasteiger partial charge on any atom is -0.348 e. The summed E-state index contributed by atoms with van der Waals surface area (Å²) in [7, 11) is 0. The van der Waals surface area contributed by atoms with Crippen molar-refractivity contribution in [3.63, 3.8) is 0 Å². The molecule has 1 aliphatic carbocycles. The topological polar surface area (TPSA) is 42.0 Å². The summed E-state index contributed by atoms with van der Waals surface area (Å²) in [5.74, 6) is 0.0218. The highest BCUT2D eigenvalue weighted by Gasteiger charge is 2.21. The Bertz CT molecular complexity index is 349. The molecule has 74 valence electrons. The molecule has 0 aromatic carbocycles. The first-order valence-corrected chi connectivity index (χ1v) is 4.98. The second-order valence-electron chi connectivity index (χ2n) is 3.69. The van der Waals surface area contributed by atoms with E-state index in [4.69, 9.17) is 0 Å². The lowest BCUT2D eigenvalue weighted by Crippen LogP contribution is -2.29. The van der Waals surface area contributed by atoms with Crippen LogP contribution in [0, 0.1) is 0 Å². The average molecular weight is 190 g/mol. The first-order chi connectivity index (χ1) is 6.77. The van der Waals surface area contributed by atoms with Gasteiger partial charge < -0.3 is 5.32 Å². The SMILES string of the molecule is CC(=O)N[C@H]1CCCc2cccnc21. The molecule has 1 aliphatic rings. The van der Waals surface area contributed by atoms with Gasteiger partial charge in [0.1, 0.15) is 0 Å². The molecule has 1 N–H and O–H groups in total. The first-order valence-electron chi connectivity index (χ1n) is 4.98. The van der Waals surface area contributed by atoms with E-state index >= 15 is 0 Å². The van der Waals surface area contributed by atoms with E-state index in [0.29, 0.717) is 0 Å². The van der Waals surface area contributed by atoms with Crippen LogP contribution in [0.2, 0.25) is 0 Å². The number of aryl methyl sites for hydroxylation is 1. The molecule has 3 nitrogen and oxygen atoms in total. The highest BCUT2D eigenvalue weighted by atomic mass is 16.1. The molecule has 0 unspecified atom stereocenters. The maximum atomic E-state index is 11.0. The van der Waals surface area contributed by atoms with Crippen LogP contribution >= 0.6 is 0 Å². The van der Waals surface area contributed by atoms with E-state index < -0.39 is 0 Å². The summed E-state index contributed by atoms with van der Waals surface area (Å²) >= 11 is 0. The Hall–Kier alpha value is -1.38. The van der Waals surface area contributed by atoms with Gasteiger partial charge in [0, 0.05) is 13.1 Å². The Balaban J connectivity index is 2.26. The fourth-order valence-electron chi connectivity index (χ4n) is 2.00. The zero-order valence-electron chi connectivity index (χ0n) is 8.29. The van der Waals surface area contributed by atoms with Crippen molar-refractivity contribution < 1.29 is 4.79 Å². The summed E-state index contributed by atoms with van der Waals surface area (Å²) in [6, 6.07) is 4.17. The molecule has 2 rings (SSSR count). The van der Waals surface area contributed by atoms with E-state index in [9.17, 15) is 4.79 Å². The van der Waals surface area contributed by atoms with Crippen LogP contribution in [-0.4, -0.2) is 10.9 Å². The van der Waals surface area contributed by atoms with Gasteiger partial charge in [0.05, 0.1) is 11.7 Å². The van der Waals surface area contributed by atoms with Crippen molar-refractivity contribution in [1.82, 2.24) is 10.3 Å². The van der Waals surface area contributed by atoms with Crippen LogP contribution in [0.15, 0.2) is 18.3 Å². The fraction of sp³-hybridized carbons (Fsp3) is 0.455. The number of rotatable bonds is 1. The molecule has 14 heavy (non-hydrogen) atoms. The van der Waals surface area contributed by atoms with Gasteiger partial charge >= 0.3 is 0 Å². The molecule has 0 saturated carbocycles. The number of nitrogens with one attached hydrogen (secondary N) is 1. The van der Waals surface area contributed by atoms with Crippen molar-refractivity contribution in [3.8, 4) is 0 Å². The highest BCUT2D eigenvalue weighted by Crippen LogP contribution is 2.27. The summed E-state index contributed by atoms with van der Waals surface area (Å²) in [5.41, 5.74) is 2.33. The van der Waals surface area contributed by atoms with Crippen LogP contribution < -0.4 is 5.32 Å². The molecule has 0 aliphatic heterocycles. The molecule has 1 heterocycles. The van der Waals surface area contributed by atoms with Crippen molar-refractivity contribution in [1.29, 1.82) is 0 Å². The summed E-state index contributed by atoms with van der Waals surface area (Å²) in [6.45, 7) is 1.55. The lowest BCUT2D eigenvalue weighted by atomic mass is 9.92. The molecule has 1 aromatic heterocycles. The predicted molar refractivity (Wildman–Crippen MR) is 53.7 cm³/mol. The molecule has 0 spiro atoms. The molecule has 0 saturated heterocycles. The summed E-state index contributed by atoms with van der Waals surface area (Å²) in [6.07, 6.45) is 5.01. The number of nitrogens with zero attached hydrogens (tertiary/aromatic N) is 1. The smallest absolute Gasteiger partial charge is 0.217 e. The molecule has 0 bridgehead atoms. The van der Waals surface area contributed by atoms with E-state index in [0.717, 1.165) is 25.0 Å². The van der Waals surface area contributed by atoms with Gasteiger partial charge in [0.2, 0.25) is 5.91 Å². The van der Waals surface area contributed by atoms with E-state index in [-0.39, 0.29) is 11.9 Å². The number of carbonyl (C=O) groups is 1. The summed E-state index contributed by atoms with van der Waals surface area (Å²) in [4.78, 5) is 15.3. The van der Waals surface area contributed by atoms with Gasteiger partial charge in [-0.2, -0.15) is 0 Å². The molecular weight excluding hydrogens is 176 g/mol. The third kappa shape index (κ3) is 1.76. The van der Waals surface area contributed by atoms with Crippen molar-refractivity contribution in [2.45, 2.75) is 32.2 Å². The fourth-order valence-corrected chi connectivity index (χ4v) is 2.00. The van der Waals surface area contributed by atoms with Crippen molar-refractivity contribution in [3.05, 3.63) is 29.6 Å². The average Bonchev–Trinajstić information content (AvgIpc) is 2.18. The van der Waals surface area contributed by atoms with Crippen LogP contribution in [0.1, 0.15) is 37.1 Å². The highest BCUT2D eigenvalue weighted by molar-refractivity contribution is 5.73. The lowest BCUT2D eigenvalue weighted by Gasteiger charge is -2.24. The Morgan fingerprint density at radius 1 is 1.64 bits per heavy atom. The number of fused-ring (bicyclic) bond motifs is 1.